The van der Waals surface area contributed by atoms with Gasteiger partial charge >= 0.3 is 0 Å². The van der Waals surface area contributed by atoms with Gasteiger partial charge in [-0.25, -0.2) is 13.8 Å². The zero-order chi connectivity index (χ0) is 14.3. The first-order valence-electron chi connectivity index (χ1n) is 5.89. The Balaban J connectivity index is 2.07. The number of para-hydroxylation sites is 1. The van der Waals surface area contributed by atoms with Gasteiger partial charge in [-0.3, -0.25) is 0 Å². The molecule has 0 amide bonds. The fraction of sp³-hybridized carbons (Fsp3) is 0.0714. The van der Waals surface area contributed by atoms with Crippen LogP contribution in [0.5, 0.6) is 0 Å². The summed E-state index contributed by atoms with van der Waals surface area (Å²) in [4.78, 5) is 4.17. The van der Waals surface area contributed by atoms with Gasteiger partial charge in [0, 0.05) is 11.5 Å². The molecule has 1 aromatic heterocycles. The van der Waals surface area contributed by atoms with Crippen molar-refractivity contribution in [1.29, 1.82) is 0 Å². The molecule has 0 aliphatic heterocycles. The van der Waals surface area contributed by atoms with Gasteiger partial charge in [0.1, 0.15) is 11.3 Å². The first-order chi connectivity index (χ1) is 9.56. The van der Waals surface area contributed by atoms with Crippen LogP contribution in [0.1, 0.15) is 0 Å². The van der Waals surface area contributed by atoms with E-state index in [4.69, 9.17) is 0 Å². The third kappa shape index (κ3) is 2.16. The van der Waals surface area contributed by atoms with E-state index in [0.29, 0.717) is 15.9 Å². The summed E-state index contributed by atoms with van der Waals surface area (Å²) in [5.41, 5.74) is 1.19. The molecule has 102 valence electrons. The van der Waals surface area contributed by atoms with Crippen LogP contribution in [0.2, 0.25) is 0 Å². The lowest BCUT2D eigenvalue weighted by molar-refractivity contribution is 0.630. The van der Waals surface area contributed by atoms with E-state index in [1.807, 2.05) is 0 Å². The van der Waals surface area contributed by atoms with Crippen molar-refractivity contribution in [3.8, 4) is 0 Å². The average Bonchev–Trinajstić information content (AvgIpc) is 2.72. The summed E-state index contributed by atoms with van der Waals surface area (Å²) >= 11 is 3.20. The molecule has 6 heteroatoms. The van der Waals surface area contributed by atoms with Crippen molar-refractivity contribution in [1.82, 2.24) is 9.55 Å². The molecule has 0 unspecified atom stereocenters. The number of benzene rings is 2. The molecule has 0 fully saturated rings. The van der Waals surface area contributed by atoms with Crippen LogP contribution >= 0.6 is 15.9 Å². The van der Waals surface area contributed by atoms with Gasteiger partial charge in [-0.05, 0) is 30.3 Å². The molecule has 0 radical (unpaired) electrons. The highest BCUT2D eigenvalue weighted by Gasteiger charge is 2.12. The third-order valence-electron chi connectivity index (χ3n) is 3.04. The predicted octanol–water partition coefficient (Wildman–Crippen LogP) is 4.36. The van der Waals surface area contributed by atoms with Gasteiger partial charge in [-0.1, -0.05) is 22.0 Å². The molecule has 1 heterocycles. The summed E-state index contributed by atoms with van der Waals surface area (Å²) in [7, 11) is 1.74. The monoisotopic (exact) mass is 337 g/mol. The quantitative estimate of drug-likeness (QED) is 0.753. The van der Waals surface area contributed by atoms with Gasteiger partial charge in [0.2, 0.25) is 5.95 Å². The zero-order valence-corrected chi connectivity index (χ0v) is 12.1. The topological polar surface area (TPSA) is 29.9 Å². The molecule has 0 bridgehead atoms. The molecule has 0 atom stereocenters. The number of hydrogen-bond donors (Lipinski definition) is 1. The van der Waals surface area contributed by atoms with Crippen molar-refractivity contribution in [3.63, 3.8) is 0 Å². The summed E-state index contributed by atoms with van der Waals surface area (Å²) < 4.78 is 29.8. The van der Waals surface area contributed by atoms with E-state index in [0.717, 1.165) is 0 Å². The van der Waals surface area contributed by atoms with Gasteiger partial charge in [0.25, 0.3) is 0 Å². The molecule has 1 N–H and O–H groups in total. The summed E-state index contributed by atoms with van der Waals surface area (Å²) in [5.74, 6) is -0.430. The van der Waals surface area contributed by atoms with E-state index in [1.54, 1.807) is 35.9 Å². The average molecular weight is 338 g/mol. The third-order valence-corrected chi connectivity index (χ3v) is 3.53. The molecule has 3 rings (SSSR count). The van der Waals surface area contributed by atoms with E-state index in [-0.39, 0.29) is 11.2 Å². The maximum atomic E-state index is 13.8. The molecular formula is C14H10BrF2N3. The van der Waals surface area contributed by atoms with Gasteiger partial charge < -0.3 is 9.88 Å². The number of imidazole rings is 1. The Kier molecular flexibility index (Phi) is 3.17. The van der Waals surface area contributed by atoms with Crippen LogP contribution < -0.4 is 5.32 Å². The number of nitrogens with one attached hydrogen (secondary N) is 1. The Hall–Kier alpha value is -1.95. The van der Waals surface area contributed by atoms with Crippen molar-refractivity contribution < 1.29 is 8.78 Å². The fourth-order valence-corrected chi connectivity index (χ4v) is 2.34. The Bertz CT molecular complexity index is 798. The van der Waals surface area contributed by atoms with Crippen LogP contribution in [0.25, 0.3) is 11.0 Å². The molecule has 3 nitrogen and oxygen atoms in total. The van der Waals surface area contributed by atoms with E-state index < -0.39 is 11.6 Å². The van der Waals surface area contributed by atoms with Crippen molar-refractivity contribution >= 4 is 38.6 Å². The molecule has 3 aromatic rings. The van der Waals surface area contributed by atoms with Crippen LogP contribution in [0.15, 0.2) is 40.9 Å². The van der Waals surface area contributed by atoms with Crippen molar-refractivity contribution in [3.05, 3.63) is 52.5 Å². The number of hydrogen-bond acceptors (Lipinski definition) is 2. The Morgan fingerprint density at radius 3 is 2.65 bits per heavy atom. The molecule has 20 heavy (non-hydrogen) atoms. The zero-order valence-electron chi connectivity index (χ0n) is 10.5. The van der Waals surface area contributed by atoms with E-state index in [1.165, 1.54) is 12.1 Å². The van der Waals surface area contributed by atoms with Crippen molar-refractivity contribution in [2.45, 2.75) is 0 Å². The number of aromatic nitrogens is 2. The molecule has 0 aliphatic rings. The van der Waals surface area contributed by atoms with Crippen LogP contribution in [-0.4, -0.2) is 9.55 Å². The number of anilines is 2. The Morgan fingerprint density at radius 1 is 1.15 bits per heavy atom. The smallest absolute Gasteiger partial charge is 0.208 e. The van der Waals surface area contributed by atoms with Crippen molar-refractivity contribution in [2.24, 2.45) is 7.05 Å². The SMILES string of the molecule is Cn1c(Nc2ccc(Br)cc2F)nc2c(F)cccc21. The summed E-state index contributed by atoms with van der Waals surface area (Å²) in [5, 5.41) is 2.87. The highest BCUT2D eigenvalue weighted by molar-refractivity contribution is 9.10. The summed E-state index contributed by atoms with van der Waals surface area (Å²) in [6.45, 7) is 0. The first kappa shape index (κ1) is 13.1. The van der Waals surface area contributed by atoms with Gasteiger partial charge in [-0.2, -0.15) is 0 Å². The summed E-state index contributed by atoms with van der Waals surface area (Å²) in [6, 6.07) is 9.38. The highest BCUT2D eigenvalue weighted by atomic mass is 79.9. The lowest BCUT2D eigenvalue weighted by atomic mass is 10.3. The van der Waals surface area contributed by atoms with Crippen LogP contribution in [0.3, 0.4) is 0 Å². The lowest BCUT2D eigenvalue weighted by Crippen LogP contribution is -2.00. The number of fused-ring (bicyclic) bond motifs is 1. The molecular weight excluding hydrogens is 328 g/mol. The van der Waals surface area contributed by atoms with Crippen molar-refractivity contribution in [2.75, 3.05) is 5.32 Å². The van der Waals surface area contributed by atoms with Crippen LogP contribution in [0.4, 0.5) is 20.4 Å². The van der Waals surface area contributed by atoms with Gasteiger partial charge in [0.05, 0.1) is 11.2 Å². The number of halogens is 3. The molecule has 0 spiro atoms. The minimum Gasteiger partial charge on any atom is -0.323 e. The maximum Gasteiger partial charge on any atom is 0.208 e. The first-order valence-corrected chi connectivity index (χ1v) is 6.68. The second-order valence-electron chi connectivity index (χ2n) is 4.35. The number of rotatable bonds is 2. The molecule has 2 aromatic carbocycles. The highest BCUT2D eigenvalue weighted by Crippen LogP contribution is 2.26. The standard InChI is InChI=1S/C14H10BrF2N3/c1-20-12-4-2-3-9(16)13(12)19-14(20)18-11-6-5-8(15)7-10(11)17/h2-7H,1H3,(H,18,19). The Labute approximate surface area is 122 Å². The second-order valence-corrected chi connectivity index (χ2v) is 5.27. The predicted molar refractivity (Wildman–Crippen MR) is 78.1 cm³/mol. The van der Waals surface area contributed by atoms with E-state index >= 15 is 0 Å². The number of aryl methyl sites for hydroxylation is 1. The Morgan fingerprint density at radius 2 is 1.95 bits per heavy atom. The number of nitrogens with zero attached hydrogens (tertiary/aromatic N) is 2. The second kappa shape index (κ2) is 4.86. The normalized spacial score (nSPS) is 11.0. The van der Waals surface area contributed by atoms with Gasteiger partial charge in [0.15, 0.2) is 5.82 Å². The largest absolute Gasteiger partial charge is 0.323 e. The fourth-order valence-electron chi connectivity index (χ4n) is 2.00. The minimum absolute atomic E-state index is 0.259. The summed E-state index contributed by atoms with van der Waals surface area (Å²) in [6.07, 6.45) is 0. The maximum absolute atomic E-state index is 13.8. The molecule has 0 saturated carbocycles. The molecule has 0 aliphatic carbocycles. The minimum atomic E-state index is -0.410. The van der Waals surface area contributed by atoms with E-state index in [2.05, 4.69) is 26.2 Å². The van der Waals surface area contributed by atoms with Crippen LogP contribution in [0, 0.1) is 11.6 Å². The van der Waals surface area contributed by atoms with E-state index in [9.17, 15) is 8.78 Å². The van der Waals surface area contributed by atoms with Crippen LogP contribution in [-0.2, 0) is 7.05 Å². The molecule has 0 saturated heterocycles. The lowest BCUT2D eigenvalue weighted by Gasteiger charge is -2.07. The van der Waals surface area contributed by atoms with Gasteiger partial charge in [-0.15, -0.1) is 0 Å².